The average Bonchev–Trinajstić information content (AvgIpc) is 3.15. The molecular weight excluding hydrogens is 266 g/mol. The molecule has 3 rings (SSSR count). The van der Waals surface area contributed by atoms with E-state index in [1.54, 1.807) is 21.6 Å². The van der Waals surface area contributed by atoms with E-state index < -0.39 is 0 Å². The predicted molar refractivity (Wildman–Crippen MR) is 78.6 cm³/mol. The van der Waals surface area contributed by atoms with Crippen LogP contribution in [0.3, 0.4) is 0 Å². The Labute approximate surface area is 122 Å². The summed E-state index contributed by atoms with van der Waals surface area (Å²) in [5, 5.41) is 11.4. The number of nitrogens with zero attached hydrogens (tertiary/aromatic N) is 4. The van der Waals surface area contributed by atoms with E-state index in [0.29, 0.717) is 13.0 Å². The minimum atomic E-state index is -0.276. The van der Waals surface area contributed by atoms with Gasteiger partial charge in [0.2, 0.25) is 5.91 Å². The van der Waals surface area contributed by atoms with E-state index >= 15 is 0 Å². The van der Waals surface area contributed by atoms with Crippen molar-refractivity contribution in [3.8, 4) is 0 Å². The molecule has 0 saturated carbocycles. The first kappa shape index (κ1) is 13.4. The zero-order valence-electron chi connectivity index (χ0n) is 11.8. The van der Waals surface area contributed by atoms with Gasteiger partial charge in [0.25, 0.3) is 0 Å². The van der Waals surface area contributed by atoms with Crippen molar-refractivity contribution in [1.29, 1.82) is 0 Å². The number of fused-ring (bicyclic) bond motifs is 1. The standard InChI is InChI=1S/C15H17N5O/c1-2-13(19-9-5-7-17-19)15(21)16-10-12-11-18-20-8-4-3-6-14(12)20/h3-9,11,13H,2,10H2,1H3,(H,16,21). The van der Waals surface area contributed by atoms with Crippen LogP contribution in [0.4, 0.5) is 0 Å². The molecule has 3 aromatic rings. The molecule has 1 amide bonds. The van der Waals surface area contributed by atoms with Crippen LogP contribution in [0.2, 0.25) is 0 Å². The van der Waals surface area contributed by atoms with Gasteiger partial charge in [-0.15, -0.1) is 0 Å². The summed E-state index contributed by atoms with van der Waals surface area (Å²) in [4.78, 5) is 12.3. The maximum absolute atomic E-state index is 12.3. The van der Waals surface area contributed by atoms with E-state index in [9.17, 15) is 4.79 Å². The minimum absolute atomic E-state index is 0.0310. The second kappa shape index (κ2) is 5.78. The molecule has 0 aliphatic heterocycles. The van der Waals surface area contributed by atoms with Gasteiger partial charge in [-0.3, -0.25) is 9.48 Å². The van der Waals surface area contributed by atoms with Gasteiger partial charge in [-0.2, -0.15) is 10.2 Å². The number of carbonyl (C=O) groups excluding carboxylic acids is 1. The van der Waals surface area contributed by atoms with Crippen LogP contribution in [0.1, 0.15) is 24.9 Å². The molecule has 0 aliphatic rings. The molecule has 0 fully saturated rings. The summed E-state index contributed by atoms with van der Waals surface area (Å²) in [6.45, 7) is 2.44. The lowest BCUT2D eigenvalue weighted by Gasteiger charge is -2.15. The fourth-order valence-electron chi connectivity index (χ4n) is 2.38. The van der Waals surface area contributed by atoms with E-state index in [1.807, 2.05) is 43.6 Å². The van der Waals surface area contributed by atoms with Gasteiger partial charge in [0, 0.05) is 30.7 Å². The molecule has 3 heterocycles. The van der Waals surface area contributed by atoms with Gasteiger partial charge in [-0.25, -0.2) is 4.52 Å². The molecular formula is C15H17N5O. The molecule has 6 heteroatoms. The number of hydrogen-bond donors (Lipinski definition) is 1. The molecule has 0 spiro atoms. The van der Waals surface area contributed by atoms with Crippen molar-refractivity contribution in [1.82, 2.24) is 24.7 Å². The highest BCUT2D eigenvalue weighted by Crippen LogP contribution is 2.12. The summed E-state index contributed by atoms with van der Waals surface area (Å²) in [6, 6.07) is 7.41. The molecule has 108 valence electrons. The topological polar surface area (TPSA) is 64.2 Å². The van der Waals surface area contributed by atoms with Crippen LogP contribution < -0.4 is 5.32 Å². The van der Waals surface area contributed by atoms with Gasteiger partial charge in [0.15, 0.2) is 0 Å². The number of carbonyl (C=O) groups is 1. The molecule has 0 radical (unpaired) electrons. The molecule has 0 aromatic carbocycles. The van der Waals surface area contributed by atoms with Crippen LogP contribution in [0, 0.1) is 0 Å². The maximum atomic E-state index is 12.3. The number of nitrogens with one attached hydrogen (secondary N) is 1. The second-order valence-corrected chi connectivity index (χ2v) is 4.83. The normalized spacial score (nSPS) is 12.4. The summed E-state index contributed by atoms with van der Waals surface area (Å²) in [6.07, 6.45) is 7.86. The Balaban J connectivity index is 1.71. The molecule has 1 N–H and O–H groups in total. The van der Waals surface area contributed by atoms with Gasteiger partial charge < -0.3 is 5.32 Å². The first-order valence-electron chi connectivity index (χ1n) is 6.97. The number of aromatic nitrogens is 4. The third-order valence-electron chi connectivity index (χ3n) is 3.49. The number of rotatable bonds is 5. The van der Waals surface area contributed by atoms with E-state index in [2.05, 4.69) is 15.5 Å². The van der Waals surface area contributed by atoms with Gasteiger partial charge in [0.1, 0.15) is 6.04 Å². The summed E-state index contributed by atoms with van der Waals surface area (Å²) in [5.41, 5.74) is 2.00. The van der Waals surface area contributed by atoms with Gasteiger partial charge in [-0.1, -0.05) is 13.0 Å². The molecule has 0 bridgehead atoms. The Morgan fingerprint density at radius 2 is 2.19 bits per heavy atom. The van der Waals surface area contributed by atoms with Gasteiger partial charge >= 0.3 is 0 Å². The molecule has 6 nitrogen and oxygen atoms in total. The van der Waals surface area contributed by atoms with Crippen molar-refractivity contribution >= 4 is 11.4 Å². The second-order valence-electron chi connectivity index (χ2n) is 4.83. The number of amides is 1. The lowest BCUT2D eigenvalue weighted by molar-refractivity contribution is -0.124. The van der Waals surface area contributed by atoms with Crippen LogP contribution in [0.25, 0.3) is 5.52 Å². The lowest BCUT2D eigenvalue weighted by Crippen LogP contribution is -2.32. The van der Waals surface area contributed by atoms with E-state index in [-0.39, 0.29) is 11.9 Å². The van der Waals surface area contributed by atoms with E-state index in [4.69, 9.17) is 0 Å². The Morgan fingerprint density at radius 3 is 2.95 bits per heavy atom. The molecule has 21 heavy (non-hydrogen) atoms. The zero-order valence-corrected chi connectivity index (χ0v) is 11.8. The monoisotopic (exact) mass is 283 g/mol. The van der Waals surface area contributed by atoms with Crippen LogP contribution in [-0.4, -0.2) is 25.3 Å². The first-order valence-corrected chi connectivity index (χ1v) is 6.97. The maximum Gasteiger partial charge on any atom is 0.245 e. The highest BCUT2D eigenvalue weighted by Gasteiger charge is 2.18. The summed E-state index contributed by atoms with van der Waals surface area (Å²) < 4.78 is 3.48. The highest BCUT2D eigenvalue weighted by molar-refractivity contribution is 5.80. The van der Waals surface area contributed by atoms with Gasteiger partial charge in [0.05, 0.1) is 11.7 Å². The summed E-state index contributed by atoms with van der Waals surface area (Å²) in [5.74, 6) is -0.0310. The lowest BCUT2D eigenvalue weighted by atomic mass is 10.2. The van der Waals surface area contributed by atoms with Crippen molar-refractivity contribution in [3.05, 3.63) is 54.6 Å². The summed E-state index contributed by atoms with van der Waals surface area (Å²) in [7, 11) is 0. The highest BCUT2D eigenvalue weighted by atomic mass is 16.2. The largest absolute Gasteiger partial charge is 0.350 e. The summed E-state index contributed by atoms with van der Waals surface area (Å²) >= 11 is 0. The SMILES string of the molecule is CCC(C(=O)NCc1cnn2ccccc12)n1cccn1. The number of hydrogen-bond acceptors (Lipinski definition) is 3. The number of pyridine rings is 1. The molecule has 0 aliphatic carbocycles. The first-order chi connectivity index (χ1) is 10.3. The molecule has 3 aromatic heterocycles. The zero-order chi connectivity index (χ0) is 14.7. The fourth-order valence-corrected chi connectivity index (χ4v) is 2.38. The predicted octanol–water partition coefficient (Wildman–Crippen LogP) is 1.80. The Morgan fingerprint density at radius 1 is 1.29 bits per heavy atom. The smallest absolute Gasteiger partial charge is 0.245 e. The van der Waals surface area contributed by atoms with Crippen molar-refractivity contribution in [2.24, 2.45) is 0 Å². The van der Waals surface area contributed by atoms with Crippen molar-refractivity contribution in [3.63, 3.8) is 0 Å². The molecule has 0 saturated heterocycles. The Bertz CT molecular complexity index is 731. The van der Waals surface area contributed by atoms with Crippen LogP contribution in [-0.2, 0) is 11.3 Å². The van der Waals surface area contributed by atoms with Crippen molar-refractivity contribution < 1.29 is 4.79 Å². The van der Waals surface area contributed by atoms with Crippen molar-refractivity contribution in [2.45, 2.75) is 25.9 Å². The Kier molecular flexibility index (Phi) is 3.68. The third-order valence-corrected chi connectivity index (χ3v) is 3.49. The fraction of sp³-hybridized carbons (Fsp3) is 0.267. The average molecular weight is 283 g/mol. The molecule has 1 unspecified atom stereocenters. The minimum Gasteiger partial charge on any atom is -0.350 e. The van der Waals surface area contributed by atoms with Crippen molar-refractivity contribution in [2.75, 3.05) is 0 Å². The van der Waals surface area contributed by atoms with E-state index in [0.717, 1.165) is 11.1 Å². The van der Waals surface area contributed by atoms with Crippen LogP contribution in [0.15, 0.2) is 49.1 Å². The van der Waals surface area contributed by atoms with Gasteiger partial charge in [-0.05, 0) is 24.6 Å². The molecule has 1 atom stereocenters. The van der Waals surface area contributed by atoms with Crippen LogP contribution in [0.5, 0.6) is 0 Å². The quantitative estimate of drug-likeness (QED) is 0.776. The van der Waals surface area contributed by atoms with Crippen LogP contribution >= 0.6 is 0 Å². The van der Waals surface area contributed by atoms with E-state index in [1.165, 1.54) is 0 Å². The third kappa shape index (κ3) is 2.65. The Hall–Kier alpha value is -2.63.